The van der Waals surface area contributed by atoms with Crippen LogP contribution in [0.1, 0.15) is 33.3 Å². The first-order chi connectivity index (χ1) is 10.4. The Balaban J connectivity index is 3.25. The minimum Gasteiger partial charge on any atom is -0.466 e. The van der Waals surface area contributed by atoms with E-state index in [1.54, 1.807) is 52.0 Å². The lowest BCUT2D eigenvalue weighted by Crippen LogP contribution is -2.47. The molecule has 2 unspecified atom stereocenters. The lowest BCUT2D eigenvalue weighted by molar-refractivity contribution is -0.162. The number of hydrogen-bond acceptors (Lipinski definition) is 5. The molecule has 0 bridgehead atoms. The molecule has 0 radical (unpaired) electrons. The van der Waals surface area contributed by atoms with Crippen molar-refractivity contribution in [1.29, 1.82) is 5.41 Å². The molecular weight excluding hydrogens is 282 g/mol. The Morgan fingerprint density at radius 3 is 2.18 bits per heavy atom. The van der Waals surface area contributed by atoms with Crippen LogP contribution in [0.5, 0.6) is 0 Å². The minimum absolute atomic E-state index is 0.0482. The van der Waals surface area contributed by atoms with Crippen LogP contribution in [0.2, 0.25) is 0 Å². The molecule has 2 atom stereocenters. The smallest absolute Gasteiger partial charge is 0.318 e. The van der Waals surface area contributed by atoms with Gasteiger partial charge in [-0.1, -0.05) is 37.3 Å². The van der Waals surface area contributed by atoms with Gasteiger partial charge in [0, 0.05) is 0 Å². The second-order valence-electron chi connectivity index (χ2n) is 5.14. The Morgan fingerprint density at radius 2 is 1.68 bits per heavy atom. The molecule has 1 rings (SSSR count). The van der Waals surface area contributed by atoms with Gasteiger partial charge in [-0.05, 0) is 26.3 Å². The highest BCUT2D eigenvalue weighted by atomic mass is 16.5. The number of rotatable bonds is 7. The fourth-order valence-electron chi connectivity index (χ4n) is 2.18. The number of hydrogen-bond donors (Lipinski definition) is 1. The summed E-state index contributed by atoms with van der Waals surface area (Å²) in [4.78, 5) is 24.6. The highest BCUT2D eigenvalue weighted by Crippen LogP contribution is 2.34. The van der Waals surface area contributed by atoms with E-state index < -0.39 is 23.3 Å². The first-order valence-electron chi connectivity index (χ1n) is 7.37. The topological polar surface area (TPSA) is 76.5 Å². The van der Waals surface area contributed by atoms with Crippen LogP contribution in [-0.4, -0.2) is 30.9 Å². The van der Waals surface area contributed by atoms with Gasteiger partial charge in [-0.2, -0.15) is 0 Å². The summed E-state index contributed by atoms with van der Waals surface area (Å²) in [5.41, 5.74) is -0.773. The maximum Gasteiger partial charge on any atom is 0.318 e. The number of esters is 2. The highest BCUT2D eigenvalue weighted by molar-refractivity contribution is 6.15. The van der Waals surface area contributed by atoms with Crippen molar-refractivity contribution in [3.63, 3.8) is 0 Å². The van der Waals surface area contributed by atoms with Crippen molar-refractivity contribution in [2.24, 2.45) is 11.3 Å². The predicted octanol–water partition coefficient (Wildman–Crippen LogP) is 2.82. The third-order valence-electron chi connectivity index (χ3n) is 3.79. The molecule has 5 nitrogen and oxygen atoms in total. The Hall–Kier alpha value is -2.17. The summed E-state index contributed by atoms with van der Waals surface area (Å²) in [5, 5.41) is 8.44. The van der Waals surface area contributed by atoms with Gasteiger partial charge in [0.25, 0.3) is 0 Å². The molecule has 0 heterocycles. The second-order valence-corrected chi connectivity index (χ2v) is 5.14. The Bertz CT molecular complexity index is 541. The van der Waals surface area contributed by atoms with Gasteiger partial charge in [-0.3, -0.25) is 9.59 Å². The van der Waals surface area contributed by atoms with Gasteiger partial charge >= 0.3 is 11.9 Å². The molecule has 0 aliphatic rings. The average Bonchev–Trinajstić information content (AvgIpc) is 2.53. The number of ether oxygens (including phenoxy) is 2. The highest BCUT2D eigenvalue weighted by Gasteiger charge is 2.48. The van der Waals surface area contributed by atoms with Crippen LogP contribution in [0, 0.1) is 16.7 Å². The van der Waals surface area contributed by atoms with Crippen molar-refractivity contribution in [2.45, 2.75) is 27.7 Å². The quantitative estimate of drug-likeness (QED) is 0.621. The predicted molar refractivity (Wildman–Crippen MR) is 83.8 cm³/mol. The third kappa shape index (κ3) is 3.53. The standard InChI is InChI=1S/C17H23NO4/c1-5-21-15(19)12(3)17(4,16(20)22-6-2)14(18)13-10-8-7-9-11-13/h7-12,18H,5-6H2,1-4H3. The van der Waals surface area contributed by atoms with E-state index in [1.165, 1.54) is 0 Å². The van der Waals surface area contributed by atoms with E-state index in [1.807, 2.05) is 6.07 Å². The van der Waals surface area contributed by atoms with Crippen molar-refractivity contribution >= 4 is 17.7 Å². The van der Waals surface area contributed by atoms with Gasteiger partial charge in [0.05, 0.1) is 24.8 Å². The zero-order valence-corrected chi connectivity index (χ0v) is 13.5. The van der Waals surface area contributed by atoms with E-state index in [-0.39, 0.29) is 18.9 Å². The molecule has 22 heavy (non-hydrogen) atoms. The second kappa shape index (κ2) is 7.73. The SMILES string of the molecule is CCOC(=O)C(C)C(C)(C(=N)c1ccccc1)C(=O)OCC. The molecule has 0 amide bonds. The molecule has 0 aromatic heterocycles. The molecule has 1 N–H and O–H groups in total. The maximum absolute atomic E-state index is 12.5. The molecule has 0 saturated heterocycles. The monoisotopic (exact) mass is 305 g/mol. The summed E-state index contributed by atoms with van der Waals surface area (Å²) in [5.74, 6) is -1.93. The van der Waals surface area contributed by atoms with Gasteiger partial charge in [-0.15, -0.1) is 0 Å². The van der Waals surface area contributed by atoms with Crippen LogP contribution < -0.4 is 0 Å². The number of benzene rings is 1. The van der Waals surface area contributed by atoms with Crippen LogP contribution >= 0.6 is 0 Å². The van der Waals surface area contributed by atoms with Crippen LogP contribution in [0.3, 0.4) is 0 Å². The van der Waals surface area contributed by atoms with Crippen molar-refractivity contribution in [1.82, 2.24) is 0 Å². The van der Waals surface area contributed by atoms with Gasteiger partial charge in [0.15, 0.2) is 0 Å². The lowest BCUT2D eigenvalue weighted by Gasteiger charge is -2.32. The van der Waals surface area contributed by atoms with Crippen molar-refractivity contribution in [3.05, 3.63) is 35.9 Å². The van der Waals surface area contributed by atoms with Crippen molar-refractivity contribution in [2.75, 3.05) is 13.2 Å². The van der Waals surface area contributed by atoms with Crippen molar-refractivity contribution in [3.8, 4) is 0 Å². The van der Waals surface area contributed by atoms with Gasteiger partial charge in [0.1, 0.15) is 5.41 Å². The van der Waals surface area contributed by atoms with Crippen LogP contribution in [0.25, 0.3) is 0 Å². The lowest BCUT2D eigenvalue weighted by atomic mass is 9.72. The molecule has 120 valence electrons. The van der Waals surface area contributed by atoms with E-state index in [0.29, 0.717) is 5.56 Å². The molecule has 5 heteroatoms. The van der Waals surface area contributed by atoms with Gasteiger partial charge in [0.2, 0.25) is 0 Å². The van der Waals surface area contributed by atoms with Gasteiger partial charge in [-0.25, -0.2) is 0 Å². The third-order valence-corrected chi connectivity index (χ3v) is 3.79. The zero-order chi connectivity index (χ0) is 16.8. The Labute approximate surface area is 131 Å². The van der Waals surface area contributed by atoms with Crippen LogP contribution in [-0.2, 0) is 19.1 Å². The summed E-state index contributed by atoms with van der Waals surface area (Å²) >= 11 is 0. The molecule has 0 aliphatic carbocycles. The zero-order valence-electron chi connectivity index (χ0n) is 13.5. The van der Waals surface area contributed by atoms with E-state index in [9.17, 15) is 9.59 Å². The molecular formula is C17H23NO4. The van der Waals surface area contributed by atoms with E-state index in [0.717, 1.165) is 0 Å². The van der Waals surface area contributed by atoms with Crippen molar-refractivity contribution < 1.29 is 19.1 Å². The number of carbonyl (C=O) groups excluding carboxylic acids is 2. The largest absolute Gasteiger partial charge is 0.466 e. The van der Waals surface area contributed by atoms with Crippen LogP contribution in [0.15, 0.2) is 30.3 Å². The first kappa shape index (κ1) is 17.9. The van der Waals surface area contributed by atoms with Crippen LogP contribution in [0.4, 0.5) is 0 Å². The Kier molecular flexibility index (Phi) is 6.28. The van der Waals surface area contributed by atoms with E-state index >= 15 is 0 Å². The fraction of sp³-hybridized carbons (Fsp3) is 0.471. The number of nitrogens with one attached hydrogen (secondary N) is 1. The molecule has 0 spiro atoms. The van der Waals surface area contributed by atoms with E-state index in [4.69, 9.17) is 14.9 Å². The fourth-order valence-corrected chi connectivity index (χ4v) is 2.18. The summed E-state index contributed by atoms with van der Waals surface area (Å²) in [6.07, 6.45) is 0. The minimum atomic E-state index is -1.40. The summed E-state index contributed by atoms with van der Waals surface area (Å²) in [6, 6.07) is 8.86. The molecule has 0 aliphatic heterocycles. The Morgan fingerprint density at radius 1 is 1.14 bits per heavy atom. The van der Waals surface area contributed by atoms with E-state index in [2.05, 4.69) is 0 Å². The first-order valence-corrected chi connectivity index (χ1v) is 7.37. The summed E-state index contributed by atoms with van der Waals surface area (Å²) in [7, 11) is 0. The average molecular weight is 305 g/mol. The number of carbonyl (C=O) groups is 2. The molecule has 1 aromatic rings. The van der Waals surface area contributed by atoms with Gasteiger partial charge < -0.3 is 14.9 Å². The normalized spacial score (nSPS) is 14.5. The molecule has 0 fully saturated rings. The molecule has 0 saturated carbocycles. The summed E-state index contributed by atoms with van der Waals surface area (Å²) < 4.78 is 10.1. The summed E-state index contributed by atoms with van der Waals surface area (Å²) in [6.45, 7) is 6.95. The molecule has 1 aromatic carbocycles. The maximum atomic E-state index is 12.5.